The molecule has 0 aromatic heterocycles. The molecule has 2 heteroatoms. The largest absolute Gasteiger partial charge is 0.366 e. The predicted octanol–water partition coefficient (Wildman–Crippen LogP) is 3.78. The lowest BCUT2D eigenvalue weighted by atomic mass is 10.1. The van der Waals surface area contributed by atoms with E-state index in [1.165, 1.54) is 6.42 Å². The molecule has 0 radical (unpaired) electrons. The lowest BCUT2D eigenvalue weighted by molar-refractivity contribution is 0.100. The van der Waals surface area contributed by atoms with Crippen LogP contribution in [0.15, 0.2) is 24.3 Å². The number of carbonyl (C=O) groups is 1. The van der Waals surface area contributed by atoms with E-state index in [9.17, 15) is 4.79 Å². The fourth-order valence-electron chi connectivity index (χ4n) is 0.718. The first-order valence-corrected chi connectivity index (χ1v) is 5.48. The molecule has 0 aliphatic heterocycles. The van der Waals surface area contributed by atoms with Crippen LogP contribution in [-0.4, -0.2) is 5.91 Å². The molecule has 2 nitrogen and oxygen atoms in total. The van der Waals surface area contributed by atoms with Crippen LogP contribution in [0.1, 0.15) is 51.5 Å². The van der Waals surface area contributed by atoms with Gasteiger partial charge < -0.3 is 5.73 Å². The highest BCUT2D eigenvalue weighted by Gasteiger charge is 1.95. The Hall–Kier alpha value is -1.31. The van der Waals surface area contributed by atoms with E-state index >= 15 is 0 Å². The maximum atomic E-state index is 10.5. The van der Waals surface area contributed by atoms with Gasteiger partial charge in [-0.25, -0.2) is 0 Å². The van der Waals surface area contributed by atoms with Crippen LogP contribution in [0.3, 0.4) is 0 Å². The van der Waals surface area contributed by atoms with E-state index in [1.54, 1.807) is 12.1 Å². The molecule has 1 amide bonds. The Bertz CT molecular complexity index is 257. The molecule has 0 atom stereocenters. The lowest BCUT2D eigenvalue weighted by Crippen LogP contribution is -2.10. The van der Waals surface area contributed by atoms with Crippen molar-refractivity contribution in [2.45, 2.75) is 41.0 Å². The number of hydrogen-bond acceptors (Lipinski definition) is 1. The lowest BCUT2D eigenvalue weighted by Gasteiger charge is -1.93. The molecule has 1 aromatic rings. The molecule has 0 bridgehead atoms. The SMILES string of the molecule is CC.CCC.Cc1ccc(C(N)=O)cc1.[HH]. The number of nitrogens with two attached hydrogens (primary N) is 1. The van der Waals surface area contributed by atoms with Crippen molar-refractivity contribution in [3.8, 4) is 0 Å². The molecule has 0 heterocycles. The molecule has 0 spiro atoms. The van der Waals surface area contributed by atoms with Crippen molar-refractivity contribution < 1.29 is 6.22 Å². The molecule has 0 saturated heterocycles. The minimum Gasteiger partial charge on any atom is -0.366 e. The number of carbonyl (C=O) groups excluding carboxylic acids is 1. The zero-order chi connectivity index (χ0) is 12.3. The highest BCUT2D eigenvalue weighted by molar-refractivity contribution is 5.92. The monoisotopic (exact) mass is 211 g/mol. The van der Waals surface area contributed by atoms with Gasteiger partial charge in [-0.1, -0.05) is 51.8 Å². The molecule has 15 heavy (non-hydrogen) atoms. The van der Waals surface area contributed by atoms with Gasteiger partial charge in [-0.2, -0.15) is 0 Å². The highest BCUT2D eigenvalue weighted by Crippen LogP contribution is 2.00. The normalized spacial score (nSPS) is 7.80. The van der Waals surface area contributed by atoms with Gasteiger partial charge in [0.05, 0.1) is 0 Å². The van der Waals surface area contributed by atoms with Crippen molar-refractivity contribution >= 4 is 5.91 Å². The number of rotatable bonds is 1. The van der Waals surface area contributed by atoms with Gasteiger partial charge in [0.2, 0.25) is 5.91 Å². The molecule has 0 aliphatic rings. The number of benzene rings is 1. The first-order valence-electron chi connectivity index (χ1n) is 5.48. The molecule has 0 unspecified atom stereocenters. The molecule has 0 aliphatic carbocycles. The summed E-state index contributed by atoms with van der Waals surface area (Å²) in [7, 11) is 0. The van der Waals surface area contributed by atoms with Crippen molar-refractivity contribution in [2.75, 3.05) is 0 Å². The Morgan fingerprint density at radius 3 is 1.80 bits per heavy atom. The van der Waals surface area contributed by atoms with Crippen molar-refractivity contribution in [1.82, 2.24) is 0 Å². The Morgan fingerprint density at radius 1 is 1.20 bits per heavy atom. The smallest absolute Gasteiger partial charge is 0.248 e. The molecule has 1 aromatic carbocycles. The van der Waals surface area contributed by atoms with Crippen molar-refractivity contribution in [2.24, 2.45) is 5.73 Å². The minimum absolute atomic E-state index is 0. The maximum absolute atomic E-state index is 10.5. The van der Waals surface area contributed by atoms with E-state index < -0.39 is 0 Å². The Morgan fingerprint density at radius 2 is 1.53 bits per heavy atom. The summed E-state index contributed by atoms with van der Waals surface area (Å²) in [5.41, 5.74) is 6.72. The summed E-state index contributed by atoms with van der Waals surface area (Å²) in [6.45, 7) is 10.2. The minimum atomic E-state index is -0.375. The molecule has 88 valence electrons. The summed E-state index contributed by atoms with van der Waals surface area (Å²) >= 11 is 0. The maximum Gasteiger partial charge on any atom is 0.248 e. The second kappa shape index (κ2) is 10.8. The van der Waals surface area contributed by atoms with Gasteiger partial charge in [0.1, 0.15) is 0 Å². The van der Waals surface area contributed by atoms with Crippen molar-refractivity contribution in [3.05, 3.63) is 35.4 Å². The molecule has 0 saturated carbocycles. The molecule has 0 fully saturated rings. The number of amides is 1. The number of primary amides is 1. The highest BCUT2D eigenvalue weighted by atomic mass is 16.1. The Kier molecular flexibility index (Phi) is 11.6. The molecular formula is C13H25NO. The van der Waals surface area contributed by atoms with Crippen LogP contribution in [0.5, 0.6) is 0 Å². The van der Waals surface area contributed by atoms with Crippen molar-refractivity contribution in [3.63, 3.8) is 0 Å². The third-order valence-electron chi connectivity index (χ3n) is 1.34. The zero-order valence-corrected chi connectivity index (χ0v) is 10.5. The van der Waals surface area contributed by atoms with Crippen LogP contribution in [0.4, 0.5) is 0 Å². The average molecular weight is 211 g/mol. The summed E-state index contributed by atoms with van der Waals surface area (Å²) in [4.78, 5) is 10.5. The van der Waals surface area contributed by atoms with E-state index in [0.717, 1.165) is 5.56 Å². The number of aryl methyl sites for hydroxylation is 1. The second-order valence-corrected chi connectivity index (χ2v) is 2.94. The Balaban J connectivity index is -0.000000246. The summed E-state index contributed by atoms with van der Waals surface area (Å²) < 4.78 is 0. The fourth-order valence-corrected chi connectivity index (χ4v) is 0.718. The van der Waals surface area contributed by atoms with Crippen LogP contribution < -0.4 is 5.73 Å². The summed E-state index contributed by atoms with van der Waals surface area (Å²) in [6, 6.07) is 7.16. The van der Waals surface area contributed by atoms with Gasteiger partial charge in [-0.05, 0) is 19.1 Å². The van der Waals surface area contributed by atoms with Crippen LogP contribution in [0.2, 0.25) is 0 Å². The fraction of sp³-hybridized carbons (Fsp3) is 0.462. The zero-order valence-electron chi connectivity index (χ0n) is 10.5. The average Bonchev–Trinajstić information content (AvgIpc) is 2.22. The van der Waals surface area contributed by atoms with E-state index in [4.69, 9.17) is 5.73 Å². The van der Waals surface area contributed by atoms with Gasteiger partial charge in [-0.15, -0.1) is 0 Å². The molecule has 1 rings (SSSR count). The summed E-state index contributed by atoms with van der Waals surface area (Å²) in [5.74, 6) is -0.375. The first kappa shape index (κ1) is 16.1. The summed E-state index contributed by atoms with van der Waals surface area (Å²) in [5, 5.41) is 0. The number of hydrogen-bond donors (Lipinski definition) is 1. The predicted molar refractivity (Wildman–Crippen MR) is 69.1 cm³/mol. The van der Waals surface area contributed by atoms with Gasteiger partial charge in [0.15, 0.2) is 0 Å². The first-order chi connectivity index (χ1) is 7.11. The van der Waals surface area contributed by atoms with Gasteiger partial charge in [-0.3, -0.25) is 4.79 Å². The van der Waals surface area contributed by atoms with Crippen LogP contribution >= 0.6 is 0 Å². The van der Waals surface area contributed by atoms with E-state index in [1.807, 2.05) is 32.9 Å². The van der Waals surface area contributed by atoms with E-state index in [2.05, 4.69) is 13.8 Å². The third kappa shape index (κ3) is 9.01. The van der Waals surface area contributed by atoms with Crippen LogP contribution in [0, 0.1) is 6.92 Å². The van der Waals surface area contributed by atoms with Gasteiger partial charge in [0.25, 0.3) is 0 Å². The molecule has 2 N–H and O–H groups in total. The summed E-state index contributed by atoms with van der Waals surface area (Å²) in [6.07, 6.45) is 1.25. The van der Waals surface area contributed by atoms with Crippen LogP contribution in [0.25, 0.3) is 0 Å². The van der Waals surface area contributed by atoms with Gasteiger partial charge >= 0.3 is 0 Å². The topological polar surface area (TPSA) is 43.1 Å². The second-order valence-electron chi connectivity index (χ2n) is 2.94. The van der Waals surface area contributed by atoms with Gasteiger partial charge in [0, 0.05) is 6.99 Å². The Labute approximate surface area is 95.0 Å². The van der Waals surface area contributed by atoms with E-state index in [-0.39, 0.29) is 7.33 Å². The van der Waals surface area contributed by atoms with Crippen LogP contribution in [-0.2, 0) is 0 Å². The standard InChI is InChI=1S/C8H9NO.C3H8.C2H6.H2/c1-6-2-4-7(5-3-6)8(9)10;1-3-2;1-2;/h2-5H,1H3,(H2,9,10);3H2,1-2H3;1-2H3;1H. The molecular weight excluding hydrogens is 186 g/mol. The van der Waals surface area contributed by atoms with E-state index in [0.29, 0.717) is 5.56 Å². The van der Waals surface area contributed by atoms with Crippen molar-refractivity contribution in [1.29, 1.82) is 0 Å². The quantitative estimate of drug-likeness (QED) is 0.754. The third-order valence-corrected chi connectivity index (χ3v) is 1.34.